The van der Waals surface area contributed by atoms with E-state index in [9.17, 15) is 9.59 Å². The first-order chi connectivity index (χ1) is 9.70. The molecule has 3 amide bonds. The van der Waals surface area contributed by atoms with Crippen molar-refractivity contribution in [2.45, 2.75) is 25.3 Å². The van der Waals surface area contributed by atoms with Crippen LogP contribution < -0.4 is 16.0 Å². The van der Waals surface area contributed by atoms with Gasteiger partial charge in [-0.05, 0) is 36.6 Å². The van der Waals surface area contributed by atoms with Crippen LogP contribution in [0.25, 0.3) is 0 Å². The average molecular weight is 275 g/mol. The molecule has 0 unspecified atom stereocenters. The summed E-state index contributed by atoms with van der Waals surface area (Å²) in [4.78, 5) is 23.2. The molecule has 6 heteroatoms. The van der Waals surface area contributed by atoms with Crippen molar-refractivity contribution in [2.75, 3.05) is 23.8 Å². The van der Waals surface area contributed by atoms with E-state index in [1.54, 1.807) is 6.07 Å². The summed E-state index contributed by atoms with van der Waals surface area (Å²) >= 11 is 0. The van der Waals surface area contributed by atoms with E-state index in [0.29, 0.717) is 25.3 Å². The smallest absolute Gasteiger partial charge is 0.319 e. The number of urea groups is 1. The van der Waals surface area contributed by atoms with E-state index < -0.39 is 0 Å². The second kappa shape index (κ2) is 5.50. The highest BCUT2D eigenvalue weighted by molar-refractivity contribution is 6.00. The van der Waals surface area contributed by atoms with Gasteiger partial charge in [0.1, 0.15) is 0 Å². The molecule has 0 saturated carbocycles. The molecule has 3 rings (SSSR count). The molecule has 1 aromatic rings. The normalized spacial score (nSPS) is 18.3. The minimum atomic E-state index is -0.214. The third kappa shape index (κ3) is 2.91. The number of hydrogen-bond donors (Lipinski definition) is 3. The van der Waals surface area contributed by atoms with E-state index in [-0.39, 0.29) is 18.0 Å². The first-order valence-electron chi connectivity index (χ1n) is 6.79. The standard InChI is InChI=1S/C14H17N3O3/c18-13-8-9-7-11(1-2-12(9)17-13)16-14(19)15-10-3-5-20-6-4-10/h1-2,7,10H,3-6,8H2,(H,17,18)(H2,15,16,19). The van der Waals surface area contributed by atoms with Crippen LogP contribution >= 0.6 is 0 Å². The summed E-state index contributed by atoms with van der Waals surface area (Å²) in [6.45, 7) is 1.38. The van der Waals surface area contributed by atoms with Gasteiger partial charge in [-0.2, -0.15) is 0 Å². The molecule has 3 N–H and O–H groups in total. The molecule has 1 aromatic carbocycles. The Kier molecular flexibility index (Phi) is 3.56. The van der Waals surface area contributed by atoms with Crippen LogP contribution in [0.5, 0.6) is 0 Å². The first kappa shape index (κ1) is 12.9. The fourth-order valence-corrected chi connectivity index (χ4v) is 2.50. The molecule has 1 saturated heterocycles. The van der Waals surface area contributed by atoms with Gasteiger partial charge in [0.25, 0.3) is 0 Å². The molecule has 0 atom stereocenters. The molecule has 0 bridgehead atoms. The summed E-state index contributed by atoms with van der Waals surface area (Å²) in [5.74, 6) is -0.0104. The number of hydrogen-bond acceptors (Lipinski definition) is 3. The van der Waals surface area contributed by atoms with Gasteiger partial charge in [-0.25, -0.2) is 4.79 Å². The lowest BCUT2D eigenvalue weighted by Gasteiger charge is -2.23. The van der Waals surface area contributed by atoms with Gasteiger partial charge in [-0.1, -0.05) is 0 Å². The first-order valence-corrected chi connectivity index (χ1v) is 6.79. The average Bonchev–Trinajstić information content (AvgIpc) is 2.79. The molecule has 106 valence electrons. The summed E-state index contributed by atoms with van der Waals surface area (Å²) in [6.07, 6.45) is 2.05. The Bertz CT molecular complexity index is 538. The third-order valence-corrected chi connectivity index (χ3v) is 3.54. The van der Waals surface area contributed by atoms with Gasteiger partial charge in [0, 0.05) is 30.6 Å². The van der Waals surface area contributed by atoms with Gasteiger partial charge in [-0.15, -0.1) is 0 Å². The summed E-state index contributed by atoms with van der Waals surface area (Å²) in [5.41, 5.74) is 2.44. The number of fused-ring (bicyclic) bond motifs is 1. The van der Waals surface area contributed by atoms with Gasteiger partial charge in [0.15, 0.2) is 0 Å². The van der Waals surface area contributed by atoms with Crippen LogP contribution in [-0.2, 0) is 16.0 Å². The summed E-state index contributed by atoms with van der Waals surface area (Å²) < 4.78 is 5.25. The molecular weight excluding hydrogens is 258 g/mol. The number of rotatable bonds is 2. The Morgan fingerprint density at radius 3 is 2.90 bits per heavy atom. The highest BCUT2D eigenvalue weighted by Crippen LogP contribution is 2.25. The van der Waals surface area contributed by atoms with Gasteiger partial charge in [-0.3, -0.25) is 4.79 Å². The summed E-state index contributed by atoms with van der Waals surface area (Å²) in [6, 6.07) is 5.38. The fourth-order valence-electron chi connectivity index (χ4n) is 2.50. The van der Waals surface area contributed by atoms with Gasteiger partial charge < -0.3 is 20.7 Å². The zero-order valence-electron chi connectivity index (χ0n) is 11.1. The lowest BCUT2D eigenvalue weighted by atomic mass is 10.1. The lowest BCUT2D eigenvalue weighted by Crippen LogP contribution is -2.41. The Morgan fingerprint density at radius 1 is 1.30 bits per heavy atom. The maximum absolute atomic E-state index is 11.9. The fraction of sp³-hybridized carbons (Fsp3) is 0.429. The molecule has 1 fully saturated rings. The Hall–Kier alpha value is -2.08. The largest absolute Gasteiger partial charge is 0.381 e. The molecule has 0 aliphatic carbocycles. The van der Waals surface area contributed by atoms with Gasteiger partial charge >= 0.3 is 6.03 Å². The predicted molar refractivity (Wildman–Crippen MR) is 74.8 cm³/mol. The minimum absolute atomic E-state index is 0.0104. The van der Waals surface area contributed by atoms with Crippen molar-refractivity contribution in [3.63, 3.8) is 0 Å². The maximum Gasteiger partial charge on any atom is 0.319 e. The molecular formula is C14H17N3O3. The molecule has 20 heavy (non-hydrogen) atoms. The van der Waals surface area contributed by atoms with Crippen molar-refractivity contribution in [3.05, 3.63) is 23.8 Å². The molecule has 0 radical (unpaired) electrons. The number of benzene rings is 1. The number of carbonyl (C=O) groups is 2. The Morgan fingerprint density at radius 2 is 2.10 bits per heavy atom. The molecule has 2 heterocycles. The molecule has 2 aliphatic heterocycles. The third-order valence-electron chi connectivity index (χ3n) is 3.54. The molecule has 0 spiro atoms. The predicted octanol–water partition coefficient (Wildman–Crippen LogP) is 1.48. The van der Waals surface area contributed by atoms with Crippen molar-refractivity contribution in [1.29, 1.82) is 0 Å². The SMILES string of the molecule is O=C1Cc2cc(NC(=O)NC3CCOCC3)ccc2N1. The molecule has 2 aliphatic rings. The number of ether oxygens (including phenoxy) is 1. The monoisotopic (exact) mass is 275 g/mol. The van der Waals surface area contributed by atoms with Gasteiger partial charge in [0.05, 0.1) is 6.42 Å². The summed E-state index contributed by atoms with van der Waals surface area (Å²) in [7, 11) is 0. The van der Waals surface area contributed by atoms with E-state index in [4.69, 9.17) is 4.74 Å². The van der Waals surface area contributed by atoms with E-state index in [2.05, 4.69) is 16.0 Å². The van der Waals surface area contributed by atoms with Crippen LogP contribution in [0.2, 0.25) is 0 Å². The van der Waals surface area contributed by atoms with Crippen LogP contribution in [0.1, 0.15) is 18.4 Å². The highest BCUT2D eigenvalue weighted by atomic mass is 16.5. The second-order valence-corrected chi connectivity index (χ2v) is 5.08. The van der Waals surface area contributed by atoms with Crippen molar-refractivity contribution >= 4 is 23.3 Å². The van der Waals surface area contributed by atoms with E-state index >= 15 is 0 Å². The van der Waals surface area contributed by atoms with Crippen LogP contribution in [0.4, 0.5) is 16.2 Å². The van der Waals surface area contributed by atoms with Crippen LogP contribution in [0.15, 0.2) is 18.2 Å². The zero-order chi connectivity index (χ0) is 13.9. The van der Waals surface area contributed by atoms with Crippen LogP contribution in [0, 0.1) is 0 Å². The Labute approximate surface area is 116 Å². The lowest BCUT2D eigenvalue weighted by molar-refractivity contribution is -0.115. The van der Waals surface area contributed by atoms with Crippen LogP contribution in [-0.4, -0.2) is 31.2 Å². The number of carbonyl (C=O) groups excluding carboxylic acids is 2. The van der Waals surface area contributed by atoms with Crippen molar-refractivity contribution < 1.29 is 14.3 Å². The second-order valence-electron chi connectivity index (χ2n) is 5.08. The number of anilines is 2. The topological polar surface area (TPSA) is 79.5 Å². The maximum atomic E-state index is 11.9. The van der Waals surface area contributed by atoms with Crippen molar-refractivity contribution in [1.82, 2.24) is 5.32 Å². The minimum Gasteiger partial charge on any atom is -0.381 e. The Balaban J connectivity index is 1.59. The van der Waals surface area contributed by atoms with E-state index in [0.717, 1.165) is 24.1 Å². The van der Waals surface area contributed by atoms with E-state index in [1.807, 2.05) is 12.1 Å². The quantitative estimate of drug-likeness (QED) is 0.765. The highest BCUT2D eigenvalue weighted by Gasteiger charge is 2.19. The van der Waals surface area contributed by atoms with E-state index in [1.165, 1.54) is 0 Å². The van der Waals surface area contributed by atoms with Crippen molar-refractivity contribution in [2.24, 2.45) is 0 Å². The molecule has 6 nitrogen and oxygen atoms in total. The number of nitrogens with one attached hydrogen (secondary N) is 3. The van der Waals surface area contributed by atoms with Gasteiger partial charge in [0.2, 0.25) is 5.91 Å². The van der Waals surface area contributed by atoms with Crippen molar-refractivity contribution in [3.8, 4) is 0 Å². The van der Waals surface area contributed by atoms with Crippen LogP contribution in [0.3, 0.4) is 0 Å². The molecule has 0 aromatic heterocycles. The summed E-state index contributed by atoms with van der Waals surface area (Å²) in [5, 5.41) is 8.50. The zero-order valence-corrected chi connectivity index (χ0v) is 11.1. The number of amides is 3.